The zero-order valence-electron chi connectivity index (χ0n) is 6.26. The molecule has 1 aromatic carbocycles. The molecule has 0 amide bonds. The van der Waals surface area contributed by atoms with Crippen LogP contribution in [0.3, 0.4) is 0 Å². The lowest BCUT2D eigenvalue weighted by molar-refractivity contribution is 0.936. The maximum Gasteiger partial charge on any atom is 0.0130 e. The molecular formula is C9H11IS. The standard InChI is InChI=1S/C9H11IS/c10-9-5-3-8(4-6-9)2-1-7-11/h3-6,11H,1-2,7H2. The minimum atomic E-state index is 0.978. The summed E-state index contributed by atoms with van der Waals surface area (Å²) in [4.78, 5) is 0. The average Bonchev–Trinajstić information content (AvgIpc) is 2.04. The van der Waals surface area contributed by atoms with Crippen molar-refractivity contribution in [1.29, 1.82) is 0 Å². The Morgan fingerprint density at radius 2 is 1.82 bits per heavy atom. The van der Waals surface area contributed by atoms with Gasteiger partial charge < -0.3 is 0 Å². The molecule has 0 atom stereocenters. The van der Waals surface area contributed by atoms with Gasteiger partial charge in [-0.25, -0.2) is 0 Å². The van der Waals surface area contributed by atoms with Crippen molar-refractivity contribution in [1.82, 2.24) is 0 Å². The molecule has 11 heavy (non-hydrogen) atoms. The monoisotopic (exact) mass is 278 g/mol. The van der Waals surface area contributed by atoms with Gasteiger partial charge in [-0.15, -0.1) is 0 Å². The van der Waals surface area contributed by atoms with Crippen LogP contribution in [0.4, 0.5) is 0 Å². The molecule has 1 aromatic rings. The van der Waals surface area contributed by atoms with Crippen molar-refractivity contribution in [2.75, 3.05) is 5.75 Å². The fourth-order valence-electron chi connectivity index (χ4n) is 0.934. The van der Waals surface area contributed by atoms with Crippen molar-refractivity contribution < 1.29 is 0 Å². The van der Waals surface area contributed by atoms with Crippen molar-refractivity contribution in [2.45, 2.75) is 12.8 Å². The highest BCUT2D eigenvalue weighted by molar-refractivity contribution is 14.1. The Bertz CT molecular complexity index is 205. The lowest BCUT2D eigenvalue weighted by Crippen LogP contribution is -1.85. The molecule has 0 aliphatic heterocycles. The van der Waals surface area contributed by atoms with Gasteiger partial charge in [-0.3, -0.25) is 0 Å². The highest BCUT2D eigenvalue weighted by Crippen LogP contribution is 2.08. The van der Waals surface area contributed by atoms with Crippen LogP contribution in [0.1, 0.15) is 12.0 Å². The zero-order valence-corrected chi connectivity index (χ0v) is 9.31. The minimum Gasteiger partial charge on any atom is -0.179 e. The second kappa shape index (κ2) is 5.04. The number of aryl methyl sites for hydroxylation is 1. The maximum atomic E-state index is 4.17. The van der Waals surface area contributed by atoms with E-state index in [4.69, 9.17) is 0 Å². The maximum absolute atomic E-state index is 4.17. The highest BCUT2D eigenvalue weighted by atomic mass is 127. The van der Waals surface area contributed by atoms with Gasteiger partial charge in [0.2, 0.25) is 0 Å². The molecule has 0 unspecified atom stereocenters. The van der Waals surface area contributed by atoms with E-state index in [0.29, 0.717) is 0 Å². The fourth-order valence-corrected chi connectivity index (χ4v) is 1.45. The van der Waals surface area contributed by atoms with Crippen LogP contribution in [-0.4, -0.2) is 5.75 Å². The molecule has 0 aliphatic carbocycles. The molecule has 0 aliphatic rings. The molecule has 0 heterocycles. The Balaban J connectivity index is 2.52. The van der Waals surface area contributed by atoms with Gasteiger partial charge in [0.25, 0.3) is 0 Å². The molecule has 0 bridgehead atoms. The average molecular weight is 278 g/mol. The van der Waals surface area contributed by atoms with Gasteiger partial charge in [-0.2, -0.15) is 12.6 Å². The summed E-state index contributed by atoms with van der Waals surface area (Å²) in [7, 11) is 0. The topological polar surface area (TPSA) is 0 Å². The molecule has 1 rings (SSSR count). The summed E-state index contributed by atoms with van der Waals surface area (Å²) in [6.07, 6.45) is 2.32. The van der Waals surface area contributed by atoms with Crippen LogP contribution in [0, 0.1) is 3.57 Å². The second-order valence-electron chi connectivity index (χ2n) is 2.45. The largest absolute Gasteiger partial charge is 0.179 e. The number of hydrogen-bond donors (Lipinski definition) is 1. The van der Waals surface area contributed by atoms with E-state index in [1.54, 1.807) is 0 Å². The van der Waals surface area contributed by atoms with E-state index >= 15 is 0 Å². The summed E-state index contributed by atoms with van der Waals surface area (Å²) in [5.74, 6) is 0.978. The SMILES string of the molecule is SCCCc1ccc(I)cc1. The van der Waals surface area contributed by atoms with Gasteiger partial charge in [0.1, 0.15) is 0 Å². The van der Waals surface area contributed by atoms with E-state index in [1.807, 2.05) is 0 Å². The normalized spacial score (nSPS) is 10.0. The van der Waals surface area contributed by atoms with E-state index in [-0.39, 0.29) is 0 Å². The second-order valence-corrected chi connectivity index (χ2v) is 4.15. The van der Waals surface area contributed by atoms with Gasteiger partial charge in [0.05, 0.1) is 0 Å². The summed E-state index contributed by atoms with van der Waals surface area (Å²) in [5, 5.41) is 0. The first-order chi connectivity index (χ1) is 5.33. The lowest BCUT2D eigenvalue weighted by Gasteiger charge is -1.98. The zero-order chi connectivity index (χ0) is 8.10. The van der Waals surface area contributed by atoms with Gasteiger partial charge in [-0.1, -0.05) is 12.1 Å². The molecule has 0 saturated carbocycles. The smallest absolute Gasteiger partial charge is 0.0130 e. The van der Waals surface area contributed by atoms with E-state index in [2.05, 4.69) is 59.5 Å². The third kappa shape index (κ3) is 3.47. The summed E-state index contributed by atoms with van der Waals surface area (Å²) >= 11 is 6.49. The molecule has 0 aromatic heterocycles. The van der Waals surface area contributed by atoms with Gasteiger partial charge in [0, 0.05) is 3.57 Å². The fraction of sp³-hybridized carbons (Fsp3) is 0.333. The molecular weight excluding hydrogens is 267 g/mol. The molecule has 0 radical (unpaired) electrons. The molecule has 0 fully saturated rings. The third-order valence-corrected chi connectivity index (χ3v) is 2.57. The van der Waals surface area contributed by atoms with E-state index in [0.717, 1.165) is 12.2 Å². The van der Waals surface area contributed by atoms with Crippen LogP contribution in [0.25, 0.3) is 0 Å². The summed E-state index contributed by atoms with van der Waals surface area (Å²) in [6, 6.07) is 8.67. The van der Waals surface area contributed by atoms with Crippen molar-refractivity contribution >= 4 is 35.2 Å². The first kappa shape index (κ1) is 9.39. The lowest BCUT2D eigenvalue weighted by atomic mass is 10.1. The van der Waals surface area contributed by atoms with Crippen LogP contribution >= 0.6 is 35.2 Å². The van der Waals surface area contributed by atoms with Gasteiger partial charge in [-0.05, 0) is 58.9 Å². The third-order valence-electron chi connectivity index (χ3n) is 1.54. The molecule has 0 saturated heterocycles. The number of benzene rings is 1. The Labute approximate surface area is 86.9 Å². The van der Waals surface area contributed by atoms with Crippen LogP contribution < -0.4 is 0 Å². The summed E-state index contributed by atoms with van der Waals surface area (Å²) in [6.45, 7) is 0. The predicted molar refractivity (Wildman–Crippen MR) is 61.3 cm³/mol. The first-order valence-electron chi connectivity index (χ1n) is 3.68. The Kier molecular flexibility index (Phi) is 4.30. The quantitative estimate of drug-likeness (QED) is 0.637. The summed E-state index contributed by atoms with van der Waals surface area (Å²) < 4.78 is 1.30. The molecule has 0 nitrogen and oxygen atoms in total. The Hall–Kier alpha value is 0.300. The van der Waals surface area contributed by atoms with E-state index in [1.165, 1.54) is 15.6 Å². The van der Waals surface area contributed by atoms with Crippen LogP contribution in [-0.2, 0) is 6.42 Å². The van der Waals surface area contributed by atoms with Crippen LogP contribution in [0.5, 0.6) is 0 Å². The Morgan fingerprint density at radius 1 is 1.18 bits per heavy atom. The van der Waals surface area contributed by atoms with E-state index < -0.39 is 0 Å². The molecule has 0 spiro atoms. The van der Waals surface area contributed by atoms with E-state index in [9.17, 15) is 0 Å². The molecule has 60 valence electrons. The van der Waals surface area contributed by atoms with Crippen molar-refractivity contribution in [3.8, 4) is 0 Å². The number of rotatable bonds is 3. The predicted octanol–water partition coefficient (Wildman–Crippen LogP) is 3.15. The van der Waals surface area contributed by atoms with Crippen molar-refractivity contribution in [3.05, 3.63) is 33.4 Å². The Morgan fingerprint density at radius 3 is 2.36 bits per heavy atom. The molecule has 2 heteroatoms. The number of thiol groups is 1. The first-order valence-corrected chi connectivity index (χ1v) is 5.39. The van der Waals surface area contributed by atoms with Gasteiger partial charge >= 0.3 is 0 Å². The minimum absolute atomic E-state index is 0.978. The highest BCUT2D eigenvalue weighted by Gasteiger charge is 1.90. The van der Waals surface area contributed by atoms with Gasteiger partial charge in [0.15, 0.2) is 0 Å². The van der Waals surface area contributed by atoms with Crippen molar-refractivity contribution in [3.63, 3.8) is 0 Å². The molecule has 0 N–H and O–H groups in total. The number of halogens is 1. The van der Waals surface area contributed by atoms with Crippen LogP contribution in [0.2, 0.25) is 0 Å². The van der Waals surface area contributed by atoms with Crippen LogP contribution in [0.15, 0.2) is 24.3 Å². The summed E-state index contributed by atoms with van der Waals surface area (Å²) in [5.41, 5.74) is 1.42. The number of hydrogen-bond acceptors (Lipinski definition) is 1. The van der Waals surface area contributed by atoms with Crippen molar-refractivity contribution in [2.24, 2.45) is 0 Å².